The van der Waals surface area contributed by atoms with E-state index in [4.69, 9.17) is 5.73 Å². The summed E-state index contributed by atoms with van der Waals surface area (Å²) in [6, 6.07) is 6.24. The van der Waals surface area contributed by atoms with E-state index in [0.717, 1.165) is 24.0 Å². The first kappa shape index (κ1) is 11.9. The van der Waals surface area contributed by atoms with Crippen molar-refractivity contribution >= 4 is 16.7 Å². The molecule has 92 valence electrons. The molecule has 0 radical (unpaired) electrons. The zero-order valence-corrected chi connectivity index (χ0v) is 10.7. The summed E-state index contributed by atoms with van der Waals surface area (Å²) in [6.07, 6.45) is 2.68. The minimum absolute atomic E-state index is 0.119. The van der Waals surface area contributed by atoms with E-state index in [9.17, 15) is 0 Å². The van der Waals surface area contributed by atoms with Crippen LogP contribution >= 0.6 is 0 Å². The Morgan fingerprint density at radius 1 is 1.41 bits per heavy atom. The first-order chi connectivity index (χ1) is 7.96. The van der Waals surface area contributed by atoms with Gasteiger partial charge in [-0.05, 0) is 38.5 Å². The summed E-state index contributed by atoms with van der Waals surface area (Å²) in [5.41, 5.74) is 9.13. The van der Waals surface area contributed by atoms with Crippen LogP contribution in [0.5, 0.6) is 0 Å². The number of hydrogen-bond donors (Lipinski definition) is 2. The third kappa shape index (κ3) is 2.97. The minimum atomic E-state index is -0.119. The van der Waals surface area contributed by atoms with Crippen molar-refractivity contribution in [1.29, 1.82) is 0 Å². The number of nitrogens with zero attached hydrogens (tertiary/aromatic N) is 2. The van der Waals surface area contributed by atoms with E-state index in [0.29, 0.717) is 0 Å². The van der Waals surface area contributed by atoms with Crippen LogP contribution in [0, 0.1) is 0 Å². The van der Waals surface area contributed by atoms with Gasteiger partial charge in [0.1, 0.15) is 0 Å². The van der Waals surface area contributed by atoms with Gasteiger partial charge in [-0.1, -0.05) is 0 Å². The zero-order chi connectivity index (χ0) is 12.5. The number of hydrogen-bond acceptors (Lipinski definition) is 3. The fourth-order valence-electron chi connectivity index (χ4n) is 1.75. The first-order valence-electron chi connectivity index (χ1n) is 5.89. The Kier molecular flexibility index (Phi) is 3.07. The fourth-order valence-corrected chi connectivity index (χ4v) is 1.75. The summed E-state index contributed by atoms with van der Waals surface area (Å²) in [5.74, 6) is 0. The lowest BCUT2D eigenvalue weighted by molar-refractivity contribution is 0.479. The summed E-state index contributed by atoms with van der Waals surface area (Å²) in [4.78, 5) is 9.55. The maximum atomic E-state index is 5.99. The summed E-state index contributed by atoms with van der Waals surface area (Å²) in [6.45, 7) is 5.06. The third-order valence-electron chi connectivity index (χ3n) is 2.94. The van der Waals surface area contributed by atoms with Crippen molar-refractivity contribution < 1.29 is 0 Å². The van der Waals surface area contributed by atoms with E-state index in [-0.39, 0.29) is 5.54 Å². The standard InChI is InChI=1S/C13H20N4/c1-13(2,14)6-7-17(3)10-4-5-11-12(8-10)16-9-15-11/h4-5,8-9H,6-7,14H2,1-3H3,(H,15,16). The quantitative estimate of drug-likeness (QED) is 0.849. The van der Waals surface area contributed by atoms with Gasteiger partial charge in [0.2, 0.25) is 0 Å². The Balaban J connectivity index is 2.10. The molecule has 1 aromatic carbocycles. The molecule has 2 aromatic rings. The van der Waals surface area contributed by atoms with Gasteiger partial charge >= 0.3 is 0 Å². The molecule has 0 unspecified atom stereocenters. The average Bonchev–Trinajstić information content (AvgIpc) is 2.71. The molecule has 0 aliphatic carbocycles. The molecular formula is C13H20N4. The van der Waals surface area contributed by atoms with Crippen molar-refractivity contribution in [3.05, 3.63) is 24.5 Å². The van der Waals surface area contributed by atoms with E-state index >= 15 is 0 Å². The highest BCUT2D eigenvalue weighted by Crippen LogP contribution is 2.19. The molecule has 3 N–H and O–H groups in total. The zero-order valence-electron chi connectivity index (χ0n) is 10.7. The van der Waals surface area contributed by atoms with Crippen molar-refractivity contribution in [3.8, 4) is 0 Å². The number of imidazole rings is 1. The Hall–Kier alpha value is -1.55. The average molecular weight is 232 g/mol. The first-order valence-corrected chi connectivity index (χ1v) is 5.89. The molecule has 0 atom stereocenters. The van der Waals surface area contributed by atoms with E-state index in [2.05, 4.69) is 47.9 Å². The molecule has 0 spiro atoms. The van der Waals surface area contributed by atoms with Crippen LogP contribution < -0.4 is 10.6 Å². The SMILES string of the molecule is CN(CCC(C)(C)N)c1ccc2nc[nH]c2c1. The molecule has 4 nitrogen and oxygen atoms in total. The maximum Gasteiger partial charge on any atom is 0.0931 e. The molecular weight excluding hydrogens is 212 g/mol. The van der Waals surface area contributed by atoms with Gasteiger partial charge < -0.3 is 15.6 Å². The van der Waals surface area contributed by atoms with Crippen LogP contribution in [-0.2, 0) is 0 Å². The van der Waals surface area contributed by atoms with E-state index in [1.165, 1.54) is 5.69 Å². The molecule has 1 heterocycles. The van der Waals surface area contributed by atoms with Crippen LogP contribution in [0.4, 0.5) is 5.69 Å². The van der Waals surface area contributed by atoms with E-state index in [1.807, 2.05) is 6.07 Å². The molecule has 2 rings (SSSR count). The molecule has 0 aliphatic rings. The lowest BCUT2D eigenvalue weighted by Crippen LogP contribution is -2.36. The van der Waals surface area contributed by atoms with Crippen molar-refractivity contribution in [3.63, 3.8) is 0 Å². The summed E-state index contributed by atoms with van der Waals surface area (Å²) >= 11 is 0. The minimum Gasteiger partial charge on any atom is -0.374 e. The smallest absolute Gasteiger partial charge is 0.0931 e. The summed E-state index contributed by atoms with van der Waals surface area (Å²) < 4.78 is 0. The Morgan fingerprint density at radius 2 is 2.18 bits per heavy atom. The lowest BCUT2D eigenvalue weighted by atomic mass is 10.0. The Labute approximate surface area is 102 Å². The largest absolute Gasteiger partial charge is 0.374 e. The normalized spacial score (nSPS) is 12.0. The molecule has 4 heteroatoms. The summed E-state index contributed by atoms with van der Waals surface area (Å²) in [7, 11) is 2.09. The molecule has 0 aliphatic heterocycles. The van der Waals surface area contributed by atoms with Crippen LogP contribution in [0.25, 0.3) is 11.0 Å². The number of rotatable bonds is 4. The van der Waals surface area contributed by atoms with Crippen molar-refractivity contribution in [1.82, 2.24) is 9.97 Å². The van der Waals surface area contributed by atoms with Crippen LogP contribution in [0.2, 0.25) is 0 Å². The van der Waals surface area contributed by atoms with Crippen LogP contribution in [0.15, 0.2) is 24.5 Å². The van der Waals surface area contributed by atoms with Crippen molar-refractivity contribution in [2.75, 3.05) is 18.5 Å². The number of fused-ring (bicyclic) bond motifs is 1. The second-order valence-electron chi connectivity index (χ2n) is 5.26. The predicted molar refractivity (Wildman–Crippen MR) is 72.2 cm³/mol. The van der Waals surface area contributed by atoms with Crippen LogP contribution in [0.3, 0.4) is 0 Å². The molecule has 0 saturated carbocycles. The second-order valence-corrected chi connectivity index (χ2v) is 5.26. The molecule has 0 saturated heterocycles. The molecule has 0 fully saturated rings. The molecule has 17 heavy (non-hydrogen) atoms. The van der Waals surface area contributed by atoms with Gasteiger partial charge in [0.25, 0.3) is 0 Å². The van der Waals surface area contributed by atoms with Gasteiger partial charge in [-0.2, -0.15) is 0 Å². The molecule has 0 amide bonds. The predicted octanol–water partition coefficient (Wildman–Crippen LogP) is 2.13. The van der Waals surface area contributed by atoms with Gasteiger partial charge in [-0.15, -0.1) is 0 Å². The lowest BCUT2D eigenvalue weighted by Gasteiger charge is -2.25. The number of nitrogens with one attached hydrogen (secondary N) is 1. The van der Waals surface area contributed by atoms with Crippen molar-refractivity contribution in [2.24, 2.45) is 5.73 Å². The number of anilines is 1. The highest BCUT2D eigenvalue weighted by molar-refractivity contribution is 5.78. The van der Waals surface area contributed by atoms with Crippen LogP contribution in [-0.4, -0.2) is 29.1 Å². The number of H-pyrrole nitrogens is 1. The van der Waals surface area contributed by atoms with E-state index in [1.54, 1.807) is 6.33 Å². The molecule has 0 bridgehead atoms. The highest BCUT2D eigenvalue weighted by atomic mass is 15.1. The number of benzene rings is 1. The summed E-state index contributed by atoms with van der Waals surface area (Å²) in [5, 5.41) is 0. The number of aromatic amines is 1. The van der Waals surface area contributed by atoms with Crippen molar-refractivity contribution in [2.45, 2.75) is 25.8 Å². The second kappa shape index (κ2) is 4.37. The Morgan fingerprint density at radius 3 is 2.88 bits per heavy atom. The molecule has 1 aromatic heterocycles. The highest BCUT2D eigenvalue weighted by Gasteiger charge is 2.12. The fraction of sp³-hybridized carbons (Fsp3) is 0.462. The number of nitrogens with two attached hydrogens (primary N) is 1. The Bertz CT molecular complexity index is 495. The van der Waals surface area contributed by atoms with Gasteiger partial charge in [-0.25, -0.2) is 4.98 Å². The number of aromatic nitrogens is 2. The maximum absolute atomic E-state index is 5.99. The van der Waals surface area contributed by atoms with Crippen LogP contribution in [0.1, 0.15) is 20.3 Å². The van der Waals surface area contributed by atoms with Gasteiger partial charge in [0.05, 0.1) is 17.4 Å². The van der Waals surface area contributed by atoms with E-state index < -0.39 is 0 Å². The monoisotopic (exact) mass is 232 g/mol. The third-order valence-corrected chi connectivity index (χ3v) is 2.94. The van der Waals surface area contributed by atoms with Gasteiger partial charge in [0, 0.05) is 24.8 Å². The van der Waals surface area contributed by atoms with Gasteiger partial charge in [0.15, 0.2) is 0 Å². The van der Waals surface area contributed by atoms with Gasteiger partial charge in [-0.3, -0.25) is 0 Å². The topological polar surface area (TPSA) is 57.9 Å².